The van der Waals surface area contributed by atoms with E-state index in [4.69, 9.17) is 9.47 Å². The smallest absolute Gasteiger partial charge is 0.333 e. The van der Waals surface area contributed by atoms with Crippen molar-refractivity contribution in [2.24, 2.45) is 5.92 Å². The zero-order valence-electron chi connectivity index (χ0n) is 11.8. The molecule has 0 aliphatic carbocycles. The topological polar surface area (TPSA) is 55.8 Å². The molecule has 0 heterocycles. The van der Waals surface area contributed by atoms with Crippen molar-refractivity contribution in [1.29, 1.82) is 0 Å². The van der Waals surface area contributed by atoms with Crippen molar-refractivity contribution in [1.82, 2.24) is 0 Å². The van der Waals surface area contributed by atoms with Crippen LogP contribution in [0.5, 0.6) is 5.75 Å². The molecular formula is C15H22O4. The predicted molar refractivity (Wildman–Crippen MR) is 73.5 cm³/mol. The number of para-hydroxylation sites is 1. The molecule has 4 heteroatoms. The number of rotatable bonds is 8. The summed E-state index contributed by atoms with van der Waals surface area (Å²) in [5.41, 5.74) is 0.862. The van der Waals surface area contributed by atoms with Crippen LogP contribution in [-0.4, -0.2) is 30.4 Å². The first-order chi connectivity index (χ1) is 9.04. The fraction of sp³-hybridized carbons (Fsp3) is 0.533. The molecule has 1 rings (SSSR count). The highest BCUT2D eigenvalue weighted by molar-refractivity contribution is 5.73. The van der Waals surface area contributed by atoms with E-state index in [0.29, 0.717) is 25.6 Å². The second kappa shape index (κ2) is 7.79. The third kappa shape index (κ3) is 5.30. The molecule has 0 saturated carbocycles. The number of benzene rings is 1. The molecule has 1 aromatic carbocycles. The van der Waals surface area contributed by atoms with Crippen molar-refractivity contribution in [3.8, 4) is 5.75 Å². The minimum atomic E-state index is -0.938. The maximum Gasteiger partial charge on any atom is 0.333 e. The summed E-state index contributed by atoms with van der Waals surface area (Å²) in [6.07, 6.45) is -0.512. The van der Waals surface area contributed by atoms with E-state index in [2.05, 4.69) is 0 Å². The van der Waals surface area contributed by atoms with Crippen LogP contribution in [0.15, 0.2) is 24.3 Å². The molecule has 0 aliphatic heterocycles. The highest BCUT2D eigenvalue weighted by atomic mass is 16.5. The first-order valence-electron chi connectivity index (χ1n) is 6.59. The van der Waals surface area contributed by atoms with Crippen molar-refractivity contribution in [2.75, 3.05) is 13.2 Å². The van der Waals surface area contributed by atoms with Gasteiger partial charge in [0.25, 0.3) is 0 Å². The monoisotopic (exact) mass is 266 g/mol. The van der Waals surface area contributed by atoms with Gasteiger partial charge in [0, 0.05) is 6.42 Å². The number of aliphatic carboxylic acids is 1. The Morgan fingerprint density at radius 2 is 2.00 bits per heavy atom. The minimum absolute atomic E-state index is 0.309. The average Bonchev–Trinajstić information content (AvgIpc) is 2.36. The fourth-order valence-corrected chi connectivity index (χ4v) is 1.69. The molecule has 0 bridgehead atoms. The number of carbonyl (C=O) groups is 1. The third-order valence-electron chi connectivity index (χ3n) is 2.58. The summed E-state index contributed by atoms with van der Waals surface area (Å²) in [6, 6.07) is 7.47. The molecule has 1 aromatic rings. The van der Waals surface area contributed by atoms with E-state index in [0.717, 1.165) is 11.3 Å². The molecular weight excluding hydrogens is 244 g/mol. The van der Waals surface area contributed by atoms with Crippen LogP contribution in [0.3, 0.4) is 0 Å². The summed E-state index contributed by atoms with van der Waals surface area (Å²) in [5.74, 6) is 0.0975. The lowest BCUT2D eigenvalue weighted by Crippen LogP contribution is -2.28. The SMILES string of the molecule is CCOc1ccccc1C[C@@H](OCC(C)C)C(=O)O. The van der Waals surface area contributed by atoms with Gasteiger partial charge in [0.2, 0.25) is 0 Å². The Kier molecular flexibility index (Phi) is 6.36. The molecule has 0 saturated heterocycles. The van der Waals surface area contributed by atoms with Crippen LogP contribution < -0.4 is 4.74 Å². The molecule has 0 radical (unpaired) electrons. The van der Waals surface area contributed by atoms with Crippen molar-refractivity contribution < 1.29 is 19.4 Å². The van der Waals surface area contributed by atoms with E-state index in [1.54, 1.807) is 0 Å². The van der Waals surface area contributed by atoms with Gasteiger partial charge in [-0.15, -0.1) is 0 Å². The van der Waals surface area contributed by atoms with Crippen molar-refractivity contribution in [2.45, 2.75) is 33.3 Å². The Balaban J connectivity index is 2.75. The van der Waals surface area contributed by atoms with Gasteiger partial charge < -0.3 is 14.6 Å². The summed E-state index contributed by atoms with van der Waals surface area (Å²) in [5, 5.41) is 9.20. The van der Waals surface area contributed by atoms with Gasteiger partial charge >= 0.3 is 5.97 Å². The molecule has 0 spiro atoms. The van der Waals surface area contributed by atoms with Gasteiger partial charge in [0.05, 0.1) is 13.2 Å². The fourth-order valence-electron chi connectivity index (χ4n) is 1.69. The van der Waals surface area contributed by atoms with E-state index < -0.39 is 12.1 Å². The van der Waals surface area contributed by atoms with Crippen LogP contribution in [0.25, 0.3) is 0 Å². The van der Waals surface area contributed by atoms with Gasteiger partial charge in [0.15, 0.2) is 6.10 Å². The second-order valence-corrected chi connectivity index (χ2v) is 4.80. The van der Waals surface area contributed by atoms with Crippen molar-refractivity contribution >= 4 is 5.97 Å². The summed E-state index contributed by atoms with van der Waals surface area (Å²) in [6.45, 7) is 6.89. The summed E-state index contributed by atoms with van der Waals surface area (Å²) in [4.78, 5) is 11.2. The Hall–Kier alpha value is -1.55. The van der Waals surface area contributed by atoms with E-state index in [9.17, 15) is 9.90 Å². The van der Waals surface area contributed by atoms with Crippen LogP contribution in [0.4, 0.5) is 0 Å². The molecule has 4 nitrogen and oxygen atoms in total. The standard InChI is InChI=1S/C15H22O4/c1-4-18-13-8-6-5-7-12(13)9-14(15(16)17)19-10-11(2)3/h5-8,11,14H,4,9-10H2,1-3H3,(H,16,17)/t14-/m1/s1. The second-order valence-electron chi connectivity index (χ2n) is 4.80. The van der Waals surface area contributed by atoms with Crippen LogP contribution in [0, 0.1) is 5.92 Å². The maximum absolute atomic E-state index is 11.2. The zero-order valence-corrected chi connectivity index (χ0v) is 11.8. The minimum Gasteiger partial charge on any atom is -0.494 e. The number of hydrogen-bond donors (Lipinski definition) is 1. The third-order valence-corrected chi connectivity index (χ3v) is 2.58. The van der Waals surface area contributed by atoms with Gasteiger partial charge in [-0.1, -0.05) is 32.0 Å². The molecule has 1 N–H and O–H groups in total. The van der Waals surface area contributed by atoms with Crippen molar-refractivity contribution in [3.05, 3.63) is 29.8 Å². The number of carboxylic acid groups (broad SMARTS) is 1. The van der Waals surface area contributed by atoms with Gasteiger partial charge in [0.1, 0.15) is 5.75 Å². The highest BCUT2D eigenvalue weighted by Crippen LogP contribution is 2.20. The van der Waals surface area contributed by atoms with E-state index in [-0.39, 0.29) is 0 Å². The zero-order chi connectivity index (χ0) is 14.3. The molecule has 1 atom stereocenters. The van der Waals surface area contributed by atoms with Gasteiger partial charge in [-0.2, -0.15) is 0 Å². The predicted octanol–water partition coefficient (Wildman–Crippen LogP) is 2.75. The van der Waals surface area contributed by atoms with E-state index >= 15 is 0 Å². The molecule has 0 aliphatic rings. The van der Waals surface area contributed by atoms with Crippen molar-refractivity contribution in [3.63, 3.8) is 0 Å². The number of ether oxygens (including phenoxy) is 2. The van der Waals surface area contributed by atoms with Crippen LogP contribution in [0.2, 0.25) is 0 Å². The summed E-state index contributed by atoms with van der Waals surface area (Å²) >= 11 is 0. The molecule has 106 valence electrons. The quantitative estimate of drug-likeness (QED) is 0.786. The van der Waals surface area contributed by atoms with Crippen LogP contribution >= 0.6 is 0 Å². The highest BCUT2D eigenvalue weighted by Gasteiger charge is 2.20. The van der Waals surface area contributed by atoms with E-state index in [1.165, 1.54) is 0 Å². The summed E-state index contributed by atoms with van der Waals surface area (Å²) in [7, 11) is 0. The average molecular weight is 266 g/mol. The Bertz CT molecular complexity index is 401. The Labute approximate surface area is 114 Å². The van der Waals surface area contributed by atoms with Gasteiger partial charge in [-0.05, 0) is 24.5 Å². The molecule has 0 amide bonds. The molecule has 19 heavy (non-hydrogen) atoms. The first-order valence-corrected chi connectivity index (χ1v) is 6.59. The van der Waals surface area contributed by atoms with Gasteiger partial charge in [-0.3, -0.25) is 0 Å². The largest absolute Gasteiger partial charge is 0.494 e. The lowest BCUT2D eigenvalue weighted by atomic mass is 10.1. The number of hydrogen-bond acceptors (Lipinski definition) is 3. The molecule has 0 aromatic heterocycles. The van der Waals surface area contributed by atoms with E-state index in [1.807, 2.05) is 45.0 Å². The maximum atomic E-state index is 11.2. The Morgan fingerprint density at radius 3 is 2.58 bits per heavy atom. The Morgan fingerprint density at radius 1 is 1.32 bits per heavy atom. The lowest BCUT2D eigenvalue weighted by Gasteiger charge is -2.17. The normalized spacial score (nSPS) is 12.4. The van der Waals surface area contributed by atoms with Gasteiger partial charge in [-0.25, -0.2) is 4.79 Å². The lowest BCUT2D eigenvalue weighted by molar-refractivity contribution is -0.150. The summed E-state index contributed by atoms with van der Waals surface area (Å²) < 4.78 is 10.9. The number of carboxylic acids is 1. The van der Waals surface area contributed by atoms with Crippen LogP contribution in [0.1, 0.15) is 26.3 Å². The molecule has 0 fully saturated rings. The first kappa shape index (κ1) is 15.5. The van der Waals surface area contributed by atoms with Crippen LogP contribution in [-0.2, 0) is 16.0 Å². The molecule has 0 unspecified atom stereocenters.